The second-order valence-electron chi connectivity index (χ2n) is 7.43. The number of aryl methyl sites for hydroxylation is 1. The summed E-state index contributed by atoms with van der Waals surface area (Å²) in [5.41, 5.74) is 1.90. The second-order valence-corrected chi connectivity index (χ2v) is 8.81. The molecular formula is C20H21ClN6OS. The van der Waals surface area contributed by atoms with Crippen molar-refractivity contribution in [1.29, 1.82) is 0 Å². The number of benzene rings is 1. The van der Waals surface area contributed by atoms with Gasteiger partial charge in [-0.3, -0.25) is 0 Å². The Morgan fingerprint density at radius 2 is 2.10 bits per heavy atom. The summed E-state index contributed by atoms with van der Waals surface area (Å²) in [7, 11) is 1.92. The fourth-order valence-electron chi connectivity index (χ4n) is 3.89. The van der Waals surface area contributed by atoms with Crippen LogP contribution in [0.15, 0.2) is 42.9 Å². The van der Waals surface area contributed by atoms with Crippen molar-refractivity contribution in [2.75, 3.05) is 18.0 Å². The normalized spacial score (nSPS) is 18.4. The summed E-state index contributed by atoms with van der Waals surface area (Å²) in [5.74, 6) is 0.851. The molecule has 0 aliphatic carbocycles. The first-order valence-electron chi connectivity index (χ1n) is 9.61. The summed E-state index contributed by atoms with van der Waals surface area (Å²) in [5, 5.41) is 17.2. The standard InChI is InChI=1S/C20H21ClN6OS/c1-25-10-8-22-18(25)17(28)14-3-2-9-26(11-14)20-24-27-12-16(23-19(27)29-20)13-4-6-15(21)7-5-13/h4-8,10,12,14,17,28H,2-3,9,11H2,1H3. The molecule has 1 aliphatic heterocycles. The summed E-state index contributed by atoms with van der Waals surface area (Å²) in [6, 6.07) is 7.65. The molecule has 3 aromatic heterocycles. The van der Waals surface area contributed by atoms with Gasteiger partial charge >= 0.3 is 0 Å². The van der Waals surface area contributed by atoms with Crippen molar-refractivity contribution < 1.29 is 5.11 Å². The minimum Gasteiger partial charge on any atom is -0.385 e. The molecule has 2 atom stereocenters. The molecule has 0 amide bonds. The Hall–Kier alpha value is -2.42. The molecule has 4 heterocycles. The number of hydrogen-bond donors (Lipinski definition) is 1. The molecule has 1 N–H and O–H groups in total. The summed E-state index contributed by atoms with van der Waals surface area (Å²) >= 11 is 7.55. The van der Waals surface area contributed by atoms with Gasteiger partial charge in [-0.1, -0.05) is 35.1 Å². The SMILES string of the molecule is Cn1ccnc1C(O)C1CCCN(c2nn3cc(-c4ccc(Cl)cc4)nc3s2)C1. The zero-order valence-electron chi connectivity index (χ0n) is 15.9. The molecule has 150 valence electrons. The van der Waals surface area contributed by atoms with E-state index in [2.05, 4.69) is 9.88 Å². The van der Waals surface area contributed by atoms with Crippen LogP contribution in [-0.4, -0.2) is 42.3 Å². The monoisotopic (exact) mass is 428 g/mol. The number of aliphatic hydroxyl groups is 1. The Balaban J connectivity index is 1.35. The van der Waals surface area contributed by atoms with Gasteiger partial charge in [-0.05, 0) is 25.0 Å². The third-order valence-corrected chi connectivity index (χ3v) is 6.71. The van der Waals surface area contributed by atoms with Crippen LogP contribution in [-0.2, 0) is 7.05 Å². The van der Waals surface area contributed by atoms with Crippen LogP contribution in [0.1, 0.15) is 24.8 Å². The Morgan fingerprint density at radius 1 is 1.28 bits per heavy atom. The lowest BCUT2D eigenvalue weighted by Crippen LogP contribution is -2.38. The van der Waals surface area contributed by atoms with E-state index in [4.69, 9.17) is 21.7 Å². The predicted molar refractivity (Wildman–Crippen MR) is 114 cm³/mol. The van der Waals surface area contributed by atoms with Crippen molar-refractivity contribution in [3.63, 3.8) is 0 Å². The number of aromatic nitrogens is 5. The zero-order chi connectivity index (χ0) is 20.0. The van der Waals surface area contributed by atoms with E-state index >= 15 is 0 Å². The molecule has 5 rings (SSSR count). The number of piperidine rings is 1. The van der Waals surface area contributed by atoms with Gasteiger partial charge in [0, 0.05) is 49.0 Å². The average molecular weight is 429 g/mol. The maximum absolute atomic E-state index is 10.8. The molecule has 1 saturated heterocycles. The molecule has 1 fully saturated rings. The number of hydrogen-bond acceptors (Lipinski definition) is 6. The van der Waals surface area contributed by atoms with Crippen molar-refractivity contribution in [3.8, 4) is 11.3 Å². The highest BCUT2D eigenvalue weighted by Crippen LogP contribution is 2.33. The lowest BCUT2D eigenvalue weighted by atomic mass is 9.92. The number of rotatable bonds is 4. The van der Waals surface area contributed by atoms with Gasteiger partial charge in [-0.25, -0.2) is 14.5 Å². The first-order valence-corrected chi connectivity index (χ1v) is 10.8. The summed E-state index contributed by atoms with van der Waals surface area (Å²) in [4.78, 5) is 12.1. The zero-order valence-corrected chi connectivity index (χ0v) is 17.5. The first-order chi connectivity index (χ1) is 14.1. The lowest BCUT2D eigenvalue weighted by Gasteiger charge is -2.34. The third kappa shape index (κ3) is 3.52. The minimum absolute atomic E-state index is 0.130. The van der Waals surface area contributed by atoms with Crippen LogP contribution in [0.25, 0.3) is 16.2 Å². The van der Waals surface area contributed by atoms with Crippen LogP contribution in [0, 0.1) is 5.92 Å². The van der Waals surface area contributed by atoms with E-state index in [1.54, 1.807) is 17.5 Å². The molecule has 7 nitrogen and oxygen atoms in total. The van der Waals surface area contributed by atoms with Crippen LogP contribution in [0.3, 0.4) is 0 Å². The largest absolute Gasteiger partial charge is 0.385 e. The van der Waals surface area contributed by atoms with E-state index in [1.807, 2.05) is 52.8 Å². The maximum Gasteiger partial charge on any atom is 0.214 e. The van der Waals surface area contributed by atoms with Gasteiger partial charge < -0.3 is 14.6 Å². The summed E-state index contributed by atoms with van der Waals surface area (Å²) < 4.78 is 3.72. The van der Waals surface area contributed by atoms with Crippen molar-refractivity contribution in [3.05, 3.63) is 53.7 Å². The van der Waals surface area contributed by atoms with Gasteiger partial charge in [-0.15, -0.1) is 5.10 Å². The number of fused-ring (bicyclic) bond motifs is 1. The van der Waals surface area contributed by atoms with Crippen molar-refractivity contribution >= 4 is 33.0 Å². The van der Waals surface area contributed by atoms with E-state index in [-0.39, 0.29) is 5.92 Å². The molecule has 9 heteroatoms. The van der Waals surface area contributed by atoms with Crippen molar-refractivity contribution in [1.82, 2.24) is 24.1 Å². The van der Waals surface area contributed by atoms with E-state index in [0.717, 1.165) is 53.1 Å². The average Bonchev–Trinajstić information content (AvgIpc) is 3.43. The first kappa shape index (κ1) is 18.6. The van der Waals surface area contributed by atoms with Crippen LogP contribution < -0.4 is 4.90 Å². The molecule has 0 spiro atoms. The predicted octanol–water partition coefficient (Wildman–Crippen LogP) is 3.79. The molecule has 0 radical (unpaired) electrons. The summed E-state index contributed by atoms with van der Waals surface area (Å²) in [6.07, 6.45) is 6.97. The van der Waals surface area contributed by atoms with Crippen molar-refractivity contribution in [2.24, 2.45) is 13.0 Å². The Kier molecular flexibility index (Phi) is 4.77. The molecular weight excluding hydrogens is 408 g/mol. The van der Waals surface area contributed by atoms with E-state index in [0.29, 0.717) is 5.02 Å². The highest BCUT2D eigenvalue weighted by Gasteiger charge is 2.30. The van der Waals surface area contributed by atoms with Crippen molar-refractivity contribution in [2.45, 2.75) is 18.9 Å². The number of imidazole rings is 2. The molecule has 0 saturated carbocycles. The fraction of sp³-hybridized carbons (Fsp3) is 0.350. The van der Waals surface area contributed by atoms with Gasteiger partial charge in [-0.2, -0.15) is 0 Å². The number of aliphatic hydroxyl groups excluding tert-OH is 1. The Labute approximate surface area is 177 Å². The molecule has 29 heavy (non-hydrogen) atoms. The smallest absolute Gasteiger partial charge is 0.214 e. The minimum atomic E-state index is -0.571. The molecule has 1 aliphatic rings. The van der Waals surface area contributed by atoms with Crippen LogP contribution in [0.2, 0.25) is 5.02 Å². The quantitative estimate of drug-likeness (QED) is 0.535. The van der Waals surface area contributed by atoms with Crippen LogP contribution in [0.4, 0.5) is 5.13 Å². The summed E-state index contributed by atoms with van der Waals surface area (Å²) in [6.45, 7) is 1.69. The molecule has 0 bridgehead atoms. The molecule has 4 aromatic rings. The molecule has 1 aromatic carbocycles. The topological polar surface area (TPSA) is 71.5 Å². The highest BCUT2D eigenvalue weighted by atomic mass is 35.5. The Bertz CT molecular complexity index is 1100. The maximum atomic E-state index is 10.8. The number of nitrogens with zero attached hydrogens (tertiary/aromatic N) is 6. The number of anilines is 1. The second kappa shape index (κ2) is 7.44. The highest BCUT2D eigenvalue weighted by molar-refractivity contribution is 7.20. The van der Waals surface area contributed by atoms with Gasteiger partial charge in [0.15, 0.2) is 0 Å². The van der Waals surface area contributed by atoms with Gasteiger partial charge in [0.25, 0.3) is 0 Å². The third-order valence-electron chi connectivity index (χ3n) is 5.47. The van der Waals surface area contributed by atoms with Gasteiger partial charge in [0.05, 0.1) is 11.9 Å². The van der Waals surface area contributed by atoms with E-state index < -0.39 is 6.10 Å². The van der Waals surface area contributed by atoms with Crippen LogP contribution in [0.5, 0.6) is 0 Å². The molecule has 2 unspecified atom stereocenters. The number of halogens is 1. The Morgan fingerprint density at radius 3 is 2.83 bits per heavy atom. The fourth-order valence-corrected chi connectivity index (χ4v) is 4.94. The van der Waals surface area contributed by atoms with E-state index in [1.165, 1.54) is 0 Å². The van der Waals surface area contributed by atoms with Crippen LogP contribution >= 0.6 is 22.9 Å². The van der Waals surface area contributed by atoms with Gasteiger partial charge in [0.1, 0.15) is 11.9 Å². The van der Waals surface area contributed by atoms with E-state index in [9.17, 15) is 5.11 Å². The van der Waals surface area contributed by atoms with Gasteiger partial charge in [0.2, 0.25) is 10.1 Å². The lowest BCUT2D eigenvalue weighted by molar-refractivity contribution is 0.0874.